The lowest BCUT2D eigenvalue weighted by Gasteiger charge is -2.06. The number of benzene rings is 2. The third kappa shape index (κ3) is 3.07. The van der Waals surface area contributed by atoms with E-state index in [1.54, 1.807) is 12.1 Å². The summed E-state index contributed by atoms with van der Waals surface area (Å²) in [5, 5.41) is 11.3. The Morgan fingerprint density at radius 3 is 2.72 bits per heavy atom. The molecule has 0 bridgehead atoms. The molecule has 0 saturated heterocycles. The Morgan fingerprint density at radius 1 is 1.00 bits per heavy atom. The summed E-state index contributed by atoms with van der Waals surface area (Å²) in [6.07, 6.45) is 5.33. The minimum absolute atomic E-state index is 0.275. The van der Waals surface area contributed by atoms with Crippen molar-refractivity contribution in [1.29, 1.82) is 0 Å². The quantitative estimate of drug-likeness (QED) is 0.576. The second-order valence-electron chi connectivity index (χ2n) is 5.51. The molecule has 0 atom stereocenters. The van der Waals surface area contributed by atoms with Crippen LogP contribution in [0.4, 0.5) is 5.69 Å². The van der Waals surface area contributed by atoms with E-state index in [0.717, 1.165) is 22.2 Å². The number of aromatic amines is 1. The molecule has 0 fully saturated rings. The van der Waals surface area contributed by atoms with Crippen molar-refractivity contribution in [3.05, 3.63) is 83.9 Å². The van der Waals surface area contributed by atoms with Crippen LogP contribution in [0.2, 0.25) is 0 Å². The number of carbonyl (C=O) groups is 1. The largest absolute Gasteiger partial charge is 0.459 e. The van der Waals surface area contributed by atoms with Crippen LogP contribution in [-0.2, 0) is 0 Å². The van der Waals surface area contributed by atoms with E-state index in [-0.39, 0.29) is 11.7 Å². The van der Waals surface area contributed by atoms with Gasteiger partial charge in [-0.1, -0.05) is 42.5 Å². The van der Waals surface area contributed by atoms with Gasteiger partial charge in [0, 0.05) is 11.1 Å². The first-order valence-electron chi connectivity index (χ1n) is 7.86. The number of aromatic nitrogens is 2. The predicted molar refractivity (Wildman–Crippen MR) is 98.1 cm³/mol. The van der Waals surface area contributed by atoms with Crippen molar-refractivity contribution >= 4 is 34.6 Å². The Hall–Kier alpha value is -3.60. The molecule has 0 unspecified atom stereocenters. The number of nitrogens with one attached hydrogen (secondary N) is 2. The Morgan fingerprint density at radius 2 is 1.84 bits per heavy atom. The zero-order valence-electron chi connectivity index (χ0n) is 13.3. The lowest BCUT2D eigenvalue weighted by molar-refractivity contribution is 0.0996. The summed E-state index contributed by atoms with van der Waals surface area (Å²) in [4.78, 5) is 12.2. The summed E-state index contributed by atoms with van der Waals surface area (Å²) in [5.74, 6) is -0.00635. The third-order valence-electron chi connectivity index (χ3n) is 3.87. The van der Waals surface area contributed by atoms with E-state index in [2.05, 4.69) is 15.5 Å². The van der Waals surface area contributed by atoms with Gasteiger partial charge in [-0.15, -0.1) is 0 Å². The molecular weight excluding hydrogens is 314 g/mol. The fourth-order valence-corrected chi connectivity index (χ4v) is 2.63. The van der Waals surface area contributed by atoms with E-state index in [1.165, 1.54) is 6.26 Å². The van der Waals surface area contributed by atoms with Gasteiger partial charge in [-0.3, -0.25) is 9.89 Å². The lowest BCUT2D eigenvalue weighted by Crippen LogP contribution is -2.11. The molecule has 0 radical (unpaired) electrons. The highest BCUT2D eigenvalue weighted by atomic mass is 16.3. The van der Waals surface area contributed by atoms with Crippen LogP contribution in [0.3, 0.4) is 0 Å². The fraction of sp³-hybridized carbons (Fsp3) is 0. The average Bonchev–Trinajstić information content (AvgIpc) is 3.31. The number of amides is 1. The van der Waals surface area contributed by atoms with E-state index >= 15 is 0 Å². The molecule has 0 spiro atoms. The van der Waals surface area contributed by atoms with Gasteiger partial charge >= 0.3 is 0 Å². The molecule has 0 aliphatic rings. The molecule has 2 aromatic heterocycles. The highest BCUT2D eigenvalue weighted by Gasteiger charge is 2.10. The maximum Gasteiger partial charge on any atom is 0.291 e. The highest BCUT2D eigenvalue weighted by molar-refractivity contribution is 6.03. The molecule has 122 valence electrons. The standard InChI is InChI=1S/C20H15N3O2/c24-20(19-10-5-13-25-19)21-16-8-3-1-6-14(16)11-12-18-15-7-2-4-9-17(15)22-23-18/h1-13H,(H,21,24)(H,22,23)/b12-11+. The van der Waals surface area contributed by atoms with Crippen LogP contribution >= 0.6 is 0 Å². The number of fused-ring (bicyclic) bond motifs is 1. The van der Waals surface area contributed by atoms with Crippen LogP contribution < -0.4 is 5.32 Å². The molecule has 2 aromatic carbocycles. The smallest absolute Gasteiger partial charge is 0.291 e. The molecule has 0 aliphatic heterocycles. The summed E-state index contributed by atoms with van der Waals surface area (Å²) in [6, 6.07) is 18.8. The maximum atomic E-state index is 12.2. The van der Waals surface area contributed by atoms with Gasteiger partial charge in [-0.25, -0.2) is 0 Å². The van der Waals surface area contributed by atoms with Gasteiger partial charge in [0.1, 0.15) is 0 Å². The number of H-pyrrole nitrogens is 1. The summed E-state index contributed by atoms with van der Waals surface area (Å²) in [7, 11) is 0. The van der Waals surface area contributed by atoms with Gasteiger partial charge < -0.3 is 9.73 Å². The van der Waals surface area contributed by atoms with Crippen LogP contribution in [0.1, 0.15) is 21.8 Å². The minimum atomic E-state index is -0.281. The highest BCUT2D eigenvalue weighted by Crippen LogP contribution is 2.21. The molecule has 4 aromatic rings. The molecule has 2 N–H and O–H groups in total. The van der Waals surface area contributed by atoms with Crippen molar-refractivity contribution in [3.63, 3.8) is 0 Å². The van der Waals surface area contributed by atoms with E-state index in [9.17, 15) is 4.79 Å². The summed E-state index contributed by atoms with van der Waals surface area (Å²) in [5.41, 5.74) is 3.43. The monoisotopic (exact) mass is 329 g/mol. The molecular formula is C20H15N3O2. The third-order valence-corrected chi connectivity index (χ3v) is 3.87. The van der Waals surface area contributed by atoms with Crippen LogP contribution in [0.5, 0.6) is 0 Å². The van der Waals surface area contributed by atoms with Crippen molar-refractivity contribution in [2.24, 2.45) is 0 Å². The molecule has 25 heavy (non-hydrogen) atoms. The molecule has 0 saturated carbocycles. The molecule has 4 rings (SSSR count). The van der Waals surface area contributed by atoms with E-state index in [0.29, 0.717) is 5.69 Å². The van der Waals surface area contributed by atoms with Crippen molar-refractivity contribution in [1.82, 2.24) is 10.2 Å². The van der Waals surface area contributed by atoms with Crippen LogP contribution in [0.25, 0.3) is 23.1 Å². The van der Waals surface area contributed by atoms with Gasteiger partial charge in [0.25, 0.3) is 5.91 Å². The molecule has 1 amide bonds. The summed E-state index contributed by atoms with van der Waals surface area (Å²) >= 11 is 0. The van der Waals surface area contributed by atoms with Gasteiger partial charge in [-0.05, 0) is 35.9 Å². The maximum absolute atomic E-state index is 12.2. The zero-order chi connectivity index (χ0) is 17.1. The number of rotatable bonds is 4. The Labute approximate surface area is 144 Å². The zero-order valence-corrected chi connectivity index (χ0v) is 13.3. The van der Waals surface area contributed by atoms with Crippen molar-refractivity contribution < 1.29 is 9.21 Å². The van der Waals surface area contributed by atoms with Gasteiger partial charge in [-0.2, -0.15) is 5.10 Å². The van der Waals surface area contributed by atoms with Crippen molar-refractivity contribution in [2.75, 3.05) is 5.32 Å². The predicted octanol–water partition coefficient (Wildman–Crippen LogP) is 4.58. The normalized spacial score (nSPS) is 11.2. The molecule has 0 aliphatic carbocycles. The van der Waals surface area contributed by atoms with Gasteiger partial charge in [0.2, 0.25) is 0 Å². The number of furan rings is 1. The van der Waals surface area contributed by atoms with E-state index < -0.39 is 0 Å². The summed E-state index contributed by atoms with van der Waals surface area (Å²) < 4.78 is 5.13. The van der Waals surface area contributed by atoms with E-state index in [1.807, 2.05) is 60.7 Å². The number of anilines is 1. The Bertz CT molecular complexity index is 1050. The topological polar surface area (TPSA) is 70.9 Å². The van der Waals surface area contributed by atoms with Gasteiger partial charge in [0.05, 0.1) is 17.5 Å². The first-order chi connectivity index (χ1) is 12.3. The molecule has 5 nitrogen and oxygen atoms in total. The summed E-state index contributed by atoms with van der Waals surface area (Å²) in [6.45, 7) is 0. The second kappa shape index (κ2) is 6.49. The van der Waals surface area contributed by atoms with Crippen molar-refractivity contribution in [2.45, 2.75) is 0 Å². The lowest BCUT2D eigenvalue weighted by atomic mass is 10.1. The minimum Gasteiger partial charge on any atom is -0.459 e. The first-order valence-corrected chi connectivity index (χ1v) is 7.86. The number of hydrogen-bond acceptors (Lipinski definition) is 3. The SMILES string of the molecule is O=C(Nc1ccccc1/C=C/c1n[nH]c2ccccc12)c1ccco1. The van der Waals surface area contributed by atoms with Crippen LogP contribution in [-0.4, -0.2) is 16.1 Å². The fourth-order valence-electron chi connectivity index (χ4n) is 2.63. The number of carbonyl (C=O) groups excluding carboxylic acids is 1. The van der Waals surface area contributed by atoms with E-state index in [4.69, 9.17) is 4.42 Å². The molecule has 5 heteroatoms. The number of nitrogens with zero attached hydrogens (tertiary/aromatic N) is 1. The average molecular weight is 329 g/mol. The van der Waals surface area contributed by atoms with Crippen LogP contribution in [0.15, 0.2) is 71.3 Å². The number of para-hydroxylation sites is 2. The second-order valence-corrected chi connectivity index (χ2v) is 5.51. The van der Waals surface area contributed by atoms with Crippen molar-refractivity contribution in [3.8, 4) is 0 Å². The molecule has 2 heterocycles. The Balaban J connectivity index is 1.61. The van der Waals surface area contributed by atoms with Crippen LogP contribution in [0, 0.1) is 0 Å². The van der Waals surface area contributed by atoms with Gasteiger partial charge in [0.15, 0.2) is 5.76 Å². The first kappa shape index (κ1) is 15.0. The number of hydrogen-bond donors (Lipinski definition) is 2. The Kier molecular flexibility index (Phi) is 3.88.